The van der Waals surface area contributed by atoms with E-state index < -0.39 is 0 Å². The van der Waals surface area contributed by atoms with E-state index in [1.165, 1.54) is 25.7 Å². The molecule has 2 bridgehead atoms. The van der Waals surface area contributed by atoms with Crippen LogP contribution in [0.5, 0.6) is 0 Å². The lowest BCUT2D eigenvalue weighted by atomic mass is 10.1. The maximum absolute atomic E-state index is 12.0. The van der Waals surface area contributed by atoms with Gasteiger partial charge >= 0.3 is 11.9 Å². The minimum atomic E-state index is -0.376. The van der Waals surface area contributed by atoms with Gasteiger partial charge in [-0.25, -0.2) is 9.59 Å². The second-order valence-corrected chi connectivity index (χ2v) is 5.68. The molecule has 0 spiro atoms. The number of esters is 2. The molecule has 0 aromatic heterocycles. The van der Waals surface area contributed by atoms with E-state index in [2.05, 4.69) is 0 Å². The fraction of sp³-hybridized carbons (Fsp3) is 0.556. The molecule has 0 aliphatic carbocycles. The van der Waals surface area contributed by atoms with Crippen molar-refractivity contribution >= 4 is 11.9 Å². The molecule has 1 heterocycles. The molecule has 4 nitrogen and oxygen atoms in total. The van der Waals surface area contributed by atoms with E-state index in [9.17, 15) is 9.59 Å². The summed E-state index contributed by atoms with van der Waals surface area (Å²) in [6.07, 6.45) is 8.78. The van der Waals surface area contributed by atoms with Gasteiger partial charge < -0.3 is 9.47 Å². The molecule has 0 amide bonds. The lowest BCUT2D eigenvalue weighted by Gasteiger charge is -2.07. The van der Waals surface area contributed by atoms with Crippen LogP contribution in [0.4, 0.5) is 0 Å². The Morgan fingerprint density at radius 3 is 1.50 bits per heavy atom. The normalized spacial score (nSPS) is 18.9. The van der Waals surface area contributed by atoms with E-state index in [4.69, 9.17) is 9.47 Å². The van der Waals surface area contributed by atoms with Crippen LogP contribution in [0.2, 0.25) is 0 Å². The number of cyclic esters (lactones) is 2. The first-order valence-corrected chi connectivity index (χ1v) is 8.22. The van der Waals surface area contributed by atoms with Crippen LogP contribution < -0.4 is 0 Å². The van der Waals surface area contributed by atoms with Crippen LogP contribution in [0, 0.1) is 0 Å². The minimum absolute atomic E-state index is 0.376. The van der Waals surface area contributed by atoms with E-state index in [1.807, 2.05) is 0 Å². The summed E-state index contributed by atoms with van der Waals surface area (Å²) in [4.78, 5) is 23.9. The highest BCUT2D eigenvalue weighted by atomic mass is 16.5. The van der Waals surface area contributed by atoms with Crippen LogP contribution in [-0.4, -0.2) is 25.2 Å². The van der Waals surface area contributed by atoms with Crippen molar-refractivity contribution in [1.82, 2.24) is 0 Å². The Labute approximate surface area is 131 Å². The Kier molecular flexibility index (Phi) is 6.94. The predicted molar refractivity (Wildman–Crippen MR) is 83.9 cm³/mol. The van der Waals surface area contributed by atoms with Crippen molar-refractivity contribution in [1.29, 1.82) is 0 Å². The Hall–Kier alpha value is -1.84. The van der Waals surface area contributed by atoms with Gasteiger partial charge in [-0.15, -0.1) is 0 Å². The highest BCUT2D eigenvalue weighted by Crippen LogP contribution is 2.12. The van der Waals surface area contributed by atoms with E-state index in [0.717, 1.165) is 25.7 Å². The molecule has 1 aliphatic heterocycles. The quantitative estimate of drug-likeness (QED) is 0.676. The van der Waals surface area contributed by atoms with Crippen LogP contribution in [0.1, 0.15) is 72.1 Å². The van der Waals surface area contributed by atoms with Gasteiger partial charge in [0.25, 0.3) is 0 Å². The van der Waals surface area contributed by atoms with Crippen LogP contribution in [0.3, 0.4) is 0 Å². The number of carbonyl (C=O) groups excluding carboxylic acids is 2. The molecule has 0 saturated heterocycles. The molecular formula is C18H24O4. The fourth-order valence-corrected chi connectivity index (χ4v) is 2.53. The van der Waals surface area contributed by atoms with Gasteiger partial charge in [0, 0.05) is 0 Å². The first-order valence-electron chi connectivity index (χ1n) is 8.22. The minimum Gasteiger partial charge on any atom is -0.462 e. The second-order valence-electron chi connectivity index (χ2n) is 5.68. The number of hydrogen-bond donors (Lipinski definition) is 0. The topological polar surface area (TPSA) is 52.6 Å². The Morgan fingerprint density at radius 2 is 1.05 bits per heavy atom. The first kappa shape index (κ1) is 16.5. The number of rotatable bonds is 0. The third-order valence-electron chi connectivity index (χ3n) is 3.84. The smallest absolute Gasteiger partial charge is 0.338 e. The Balaban J connectivity index is 1.99. The number of hydrogen-bond acceptors (Lipinski definition) is 4. The molecule has 2 rings (SSSR count). The molecule has 0 radical (unpaired) electrons. The van der Waals surface area contributed by atoms with E-state index in [0.29, 0.717) is 24.3 Å². The van der Waals surface area contributed by atoms with Gasteiger partial charge in [0.15, 0.2) is 0 Å². The van der Waals surface area contributed by atoms with Crippen molar-refractivity contribution in [2.75, 3.05) is 13.2 Å². The third-order valence-corrected chi connectivity index (χ3v) is 3.84. The van der Waals surface area contributed by atoms with Crippen molar-refractivity contribution in [3.63, 3.8) is 0 Å². The van der Waals surface area contributed by atoms with E-state index in [-0.39, 0.29) is 11.9 Å². The summed E-state index contributed by atoms with van der Waals surface area (Å²) < 4.78 is 10.5. The number of fused-ring (bicyclic) bond motifs is 2. The van der Waals surface area contributed by atoms with Gasteiger partial charge in [0.2, 0.25) is 0 Å². The monoisotopic (exact) mass is 304 g/mol. The lowest BCUT2D eigenvalue weighted by molar-refractivity contribution is 0.0497. The number of carbonyl (C=O) groups is 2. The summed E-state index contributed by atoms with van der Waals surface area (Å²) >= 11 is 0. The van der Waals surface area contributed by atoms with Crippen LogP contribution in [0.25, 0.3) is 0 Å². The average molecular weight is 304 g/mol. The number of ether oxygens (including phenoxy) is 2. The second kappa shape index (κ2) is 9.23. The van der Waals surface area contributed by atoms with E-state index in [1.54, 1.807) is 24.3 Å². The van der Waals surface area contributed by atoms with Crippen molar-refractivity contribution < 1.29 is 19.1 Å². The highest BCUT2D eigenvalue weighted by molar-refractivity contribution is 5.95. The van der Waals surface area contributed by atoms with Gasteiger partial charge in [-0.3, -0.25) is 0 Å². The van der Waals surface area contributed by atoms with Crippen molar-refractivity contribution in [3.05, 3.63) is 35.4 Å². The molecule has 22 heavy (non-hydrogen) atoms. The SMILES string of the molecule is O=C1OCCCCCCCCCCOC(=O)c2cccc1c2. The van der Waals surface area contributed by atoms with Crippen molar-refractivity contribution in [3.8, 4) is 0 Å². The summed E-state index contributed by atoms with van der Waals surface area (Å²) in [5.74, 6) is -0.752. The van der Waals surface area contributed by atoms with Gasteiger partial charge in [-0.2, -0.15) is 0 Å². The summed E-state index contributed by atoms with van der Waals surface area (Å²) in [6.45, 7) is 0.876. The molecule has 1 aliphatic rings. The van der Waals surface area contributed by atoms with Crippen LogP contribution >= 0.6 is 0 Å². The molecular weight excluding hydrogens is 280 g/mol. The van der Waals surface area contributed by atoms with Gasteiger partial charge in [-0.05, 0) is 31.0 Å². The molecule has 1 aromatic carbocycles. The maximum atomic E-state index is 12.0. The third kappa shape index (κ3) is 5.51. The molecule has 1 aromatic rings. The Bertz CT molecular complexity index is 454. The zero-order chi connectivity index (χ0) is 15.6. The first-order chi connectivity index (χ1) is 10.8. The van der Waals surface area contributed by atoms with Crippen LogP contribution in [0.15, 0.2) is 24.3 Å². The highest BCUT2D eigenvalue weighted by Gasteiger charge is 2.12. The van der Waals surface area contributed by atoms with Gasteiger partial charge in [0.05, 0.1) is 24.3 Å². The molecule has 4 heteroatoms. The zero-order valence-electron chi connectivity index (χ0n) is 13.0. The van der Waals surface area contributed by atoms with Crippen LogP contribution in [-0.2, 0) is 9.47 Å². The van der Waals surface area contributed by atoms with Crippen molar-refractivity contribution in [2.24, 2.45) is 0 Å². The summed E-state index contributed by atoms with van der Waals surface area (Å²) in [5.41, 5.74) is 0.803. The molecule has 0 atom stereocenters. The zero-order valence-corrected chi connectivity index (χ0v) is 13.0. The fourth-order valence-electron chi connectivity index (χ4n) is 2.53. The molecule has 0 saturated carbocycles. The Morgan fingerprint density at radius 1 is 0.636 bits per heavy atom. The van der Waals surface area contributed by atoms with Crippen molar-refractivity contribution in [2.45, 2.75) is 51.4 Å². The van der Waals surface area contributed by atoms with E-state index >= 15 is 0 Å². The average Bonchev–Trinajstić information content (AvgIpc) is 2.55. The number of benzene rings is 1. The summed E-state index contributed by atoms with van der Waals surface area (Å²) in [5, 5.41) is 0. The standard InChI is InChI=1S/C18H24O4/c19-17-15-10-9-11-16(14-15)18(20)22-13-8-6-4-2-1-3-5-7-12-21-17/h9-11,14H,1-8,12-13H2. The van der Waals surface area contributed by atoms with Gasteiger partial charge in [-0.1, -0.05) is 44.6 Å². The summed E-state index contributed by atoms with van der Waals surface area (Å²) in [7, 11) is 0. The largest absolute Gasteiger partial charge is 0.462 e. The maximum Gasteiger partial charge on any atom is 0.338 e. The molecule has 0 fully saturated rings. The lowest BCUT2D eigenvalue weighted by Crippen LogP contribution is -2.10. The molecule has 0 unspecified atom stereocenters. The summed E-state index contributed by atoms with van der Waals surface area (Å²) in [6, 6.07) is 6.55. The molecule has 120 valence electrons. The molecule has 0 N–H and O–H groups in total. The predicted octanol–water partition coefficient (Wildman–Crippen LogP) is 4.13. The van der Waals surface area contributed by atoms with Gasteiger partial charge in [0.1, 0.15) is 0 Å².